The van der Waals surface area contributed by atoms with E-state index in [0.29, 0.717) is 0 Å². The van der Waals surface area contributed by atoms with Crippen LogP contribution in [0, 0.1) is 0 Å². The molecule has 1 heterocycles. The summed E-state index contributed by atoms with van der Waals surface area (Å²) in [5.41, 5.74) is 13.8. The number of para-hydroxylation sites is 3. The highest BCUT2D eigenvalue weighted by molar-refractivity contribution is 6.13. The van der Waals surface area contributed by atoms with Gasteiger partial charge in [-0.1, -0.05) is 112 Å². The number of nitrogens with zero attached hydrogens (tertiary/aromatic N) is 2. The van der Waals surface area contributed by atoms with Crippen molar-refractivity contribution in [1.29, 1.82) is 0 Å². The second-order valence-corrected chi connectivity index (χ2v) is 15.9. The van der Waals surface area contributed by atoms with Gasteiger partial charge in [-0.2, -0.15) is 0 Å². The molecule has 0 spiro atoms. The quantitative estimate of drug-likeness (QED) is 0.178. The molecule has 9 aromatic carbocycles. The number of hydrogen-bond donors (Lipinski definition) is 0. The second-order valence-electron chi connectivity index (χ2n) is 15.9. The second kappa shape index (κ2) is 11.4. The molecule has 1 aliphatic rings. The lowest BCUT2D eigenvalue weighted by molar-refractivity contribution is 0.592. The highest BCUT2D eigenvalue weighted by atomic mass is 15.1. The summed E-state index contributed by atoms with van der Waals surface area (Å²) in [6.07, 6.45) is 0. The smallest absolute Gasteiger partial charge is 0.0541 e. The van der Waals surface area contributed by atoms with Crippen molar-refractivity contribution in [3.05, 3.63) is 181 Å². The topological polar surface area (TPSA) is 8.17 Å². The molecule has 0 aliphatic heterocycles. The lowest BCUT2D eigenvalue weighted by Crippen LogP contribution is -2.19. The van der Waals surface area contributed by atoms with Gasteiger partial charge in [0.1, 0.15) is 0 Å². The third-order valence-corrected chi connectivity index (χ3v) is 11.5. The van der Waals surface area contributed by atoms with Crippen molar-refractivity contribution < 1.29 is 0 Å². The van der Waals surface area contributed by atoms with Crippen LogP contribution in [0.15, 0.2) is 176 Å². The lowest BCUT2D eigenvalue weighted by atomic mass is 9.78. The van der Waals surface area contributed by atoms with Crippen LogP contribution < -0.4 is 4.90 Å². The van der Waals surface area contributed by atoms with Crippen LogP contribution in [0.1, 0.15) is 26.3 Å². The van der Waals surface area contributed by atoms with Gasteiger partial charge in [-0.25, -0.2) is 0 Å². The third-order valence-electron chi connectivity index (χ3n) is 11.5. The van der Waals surface area contributed by atoms with Crippen LogP contribution in [0.25, 0.3) is 82.1 Å². The zero-order valence-electron chi connectivity index (χ0n) is 30.6. The van der Waals surface area contributed by atoms with E-state index in [1.807, 2.05) is 0 Å². The zero-order valence-corrected chi connectivity index (χ0v) is 30.6. The average molecular weight is 691 g/mol. The predicted molar refractivity (Wildman–Crippen MR) is 231 cm³/mol. The van der Waals surface area contributed by atoms with Gasteiger partial charge in [0.2, 0.25) is 0 Å². The van der Waals surface area contributed by atoms with E-state index >= 15 is 0 Å². The van der Waals surface area contributed by atoms with E-state index in [1.54, 1.807) is 0 Å². The van der Waals surface area contributed by atoms with E-state index in [9.17, 15) is 0 Å². The maximum atomic E-state index is 2.45. The zero-order chi connectivity index (χ0) is 36.1. The van der Waals surface area contributed by atoms with Gasteiger partial charge in [0.05, 0.1) is 16.7 Å². The molecule has 2 nitrogen and oxygen atoms in total. The molecule has 1 aromatic heterocycles. The summed E-state index contributed by atoms with van der Waals surface area (Å²) in [5.74, 6) is 0. The van der Waals surface area contributed by atoms with Crippen molar-refractivity contribution in [2.24, 2.45) is 0 Å². The molecular formula is C52H38N2. The van der Waals surface area contributed by atoms with Crippen molar-refractivity contribution in [3.63, 3.8) is 0 Å². The van der Waals surface area contributed by atoms with E-state index < -0.39 is 0 Å². The molecule has 0 amide bonds. The average Bonchev–Trinajstić information content (AvgIpc) is 3.53. The van der Waals surface area contributed by atoms with E-state index in [0.717, 1.165) is 11.4 Å². The molecule has 0 fully saturated rings. The third kappa shape index (κ3) is 4.66. The van der Waals surface area contributed by atoms with Crippen molar-refractivity contribution in [3.8, 4) is 27.9 Å². The van der Waals surface area contributed by atoms with Crippen LogP contribution in [0.2, 0.25) is 0 Å². The molecule has 11 rings (SSSR count). The Morgan fingerprint density at radius 3 is 1.52 bits per heavy atom. The van der Waals surface area contributed by atoms with Crippen LogP contribution in [0.5, 0.6) is 0 Å². The number of benzene rings is 9. The van der Waals surface area contributed by atoms with Crippen molar-refractivity contribution in [1.82, 2.24) is 4.57 Å². The van der Waals surface area contributed by atoms with Crippen LogP contribution in [-0.2, 0) is 5.41 Å². The summed E-state index contributed by atoms with van der Waals surface area (Å²) >= 11 is 0. The van der Waals surface area contributed by atoms with Gasteiger partial charge in [-0.3, -0.25) is 0 Å². The normalized spacial score (nSPS) is 12.4. The van der Waals surface area contributed by atoms with Crippen LogP contribution in [-0.4, -0.2) is 4.57 Å². The Kier molecular flexibility index (Phi) is 6.55. The Morgan fingerprint density at radius 1 is 0.389 bits per heavy atom. The molecule has 10 aromatic rings. The molecule has 0 saturated heterocycles. The molecule has 0 bridgehead atoms. The van der Waals surface area contributed by atoms with E-state index in [4.69, 9.17) is 0 Å². The van der Waals surface area contributed by atoms with Crippen molar-refractivity contribution >= 4 is 71.2 Å². The fraction of sp³-hybridized carbons (Fsp3) is 0.0769. The number of fused-ring (bicyclic) bond motifs is 10. The summed E-state index contributed by atoms with van der Waals surface area (Å²) in [6, 6.07) is 65.2. The molecule has 0 unspecified atom stereocenters. The fourth-order valence-electron chi connectivity index (χ4n) is 8.90. The maximum absolute atomic E-state index is 2.45. The molecule has 2 heteroatoms. The van der Waals surface area contributed by atoms with Gasteiger partial charge in [-0.15, -0.1) is 0 Å². The lowest BCUT2D eigenvalue weighted by Gasteiger charge is -2.33. The highest BCUT2D eigenvalue weighted by Gasteiger charge is 2.27. The SMILES string of the molecule is CC(C)(C)c1cc2ccccc2cc1N(c1ccccc1)c1ccc2cc3c(cc2c1)-c1cc2ccc(-n4c5ccccc5c5ccccc54)cc2cc1-3. The molecule has 0 saturated carbocycles. The number of anilines is 3. The Labute approximate surface area is 315 Å². The Balaban J connectivity index is 1.03. The van der Waals surface area contributed by atoms with Crippen LogP contribution in [0.4, 0.5) is 17.1 Å². The number of rotatable bonds is 4. The Hall–Kier alpha value is -6.64. The molecule has 0 atom stereocenters. The van der Waals surface area contributed by atoms with Gasteiger partial charge in [-0.05, 0) is 150 Å². The minimum atomic E-state index is -0.0527. The summed E-state index contributed by atoms with van der Waals surface area (Å²) in [6.45, 7) is 6.95. The predicted octanol–water partition coefficient (Wildman–Crippen LogP) is 14.7. The summed E-state index contributed by atoms with van der Waals surface area (Å²) in [5, 5.41) is 10.1. The molecule has 0 radical (unpaired) electrons. The van der Waals surface area contributed by atoms with Gasteiger partial charge in [0.15, 0.2) is 0 Å². The van der Waals surface area contributed by atoms with E-state index in [1.165, 1.54) is 93.3 Å². The molecule has 54 heavy (non-hydrogen) atoms. The Bertz CT molecular complexity index is 3090. The first-order valence-electron chi connectivity index (χ1n) is 18.9. The highest BCUT2D eigenvalue weighted by Crippen LogP contribution is 2.51. The number of hydrogen-bond acceptors (Lipinski definition) is 1. The van der Waals surface area contributed by atoms with Gasteiger partial charge >= 0.3 is 0 Å². The maximum Gasteiger partial charge on any atom is 0.0541 e. The Morgan fingerprint density at radius 2 is 0.889 bits per heavy atom. The largest absolute Gasteiger partial charge is 0.310 e. The van der Waals surface area contributed by atoms with Crippen LogP contribution >= 0.6 is 0 Å². The van der Waals surface area contributed by atoms with Crippen molar-refractivity contribution in [2.75, 3.05) is 4.90 Å². The first kappa shape index (κ1) is 30.9. The summed E-state index contributed by atoms with van der Waals surface area (Å²) in [7, 11) is 0. The van der Waals surface area contributed by atoms with Crippen LogP contribution in [0.3, 0.4) is 0 Å². The van der Waals surface area contributed by atoms with Crippen molar-refractivity contribution in [2.45, 2.75) is 26.2 Å². The molecular weight excluding hydrogens is 653 g/mol. The molecule has 1 aliphatic carbocycles. The van der Waals surface area contributed by atoms with Gasteiger partial charge in [0, 0.05) is 27.8 Å². The molecule has 256 valence electrons. The first-order chi connectivity index (χ1) is 26.4. The summed E-state index contributed by atoms with van der Waals surface area (Å²) in [4.78, 5) is 2.45. The molecule has 0 N–H and O–H groups in total. The van der Waals surface area contributed by atoms with Gasteiger partial charge in [0.25, 0.3) is 0 Å². The van der Waals surface area contributed by atoms with E-state index in [2.05, 4.69) is 206 Å². The standard InChI is InChI=1S/C52H38N2/c1-52(2,3)48-31-33-13-7-8-14-34(33)32-51(48)53(39-15-5-4-6-16-39)40-23-21-35-27-44-46(29-37(35)25-40)45-28-36-22-24-41(26-38(36)30-47(44)45)54-49-19-11-9-17-42(49)43-18-10-12-20-50(43)54/h4-32H,1-3H3. The van der Waals surface area contributed by atoms with E-state index in [-0.39, 0.29) is 5.41 Å². The minimum absolute atomic E-state index is 0.0527. The minimum Gasteiger partial charge on any atom is -0.310 e. The monoisotopic (exact) mass is 690 g/mol. The van der Waals surface area contributed by atoms with Gasteiger partial charge < -0.3 is 9.47 Å². The first-order valence-corrected chi connectivity index (χ1v) is 18.9. The summed E-state index contributed by atoms with van der Waals surface area (Å²) < 4.78 is 2.41. The number of aromatic nitrogens is 1. The fourth-order valence-corrected chi connectivity index (χ4v) is 8.90.